The number of amides is 1. The average Bonchev–Trinajstić information content (AvgIpc) is 3.05. The van der Waals surface area contributed by atoms with E-state index in [9.17, 15) is 4.79 Å². The van der Waals surface area contributed by atoms with E-state index >= 15 is 0 Å². The van der Waals surface area contributed by atoms with Gasteiger partial charge in [-0.25, -0.2) is 4.98 Å². The molecule has 0 unspecified atom stereocenters. The van der Waals surface area contributed by atoms with Gasteiger partial charge in [-0.2, -0.15) is 0 Å². The largest absolute Gasteiger partial charge is 0.355 e. The van der Waals surface area contributed by atoms with Crippen LogP contribution in [0.4, 0.5) is 0 Å². The van der Waals surface area contributed by atoms with Crippen LogP contribution in [0.2, 0.25) is 0 Å². The highest BCUT2D eigenvalue weighted by molar-refractivity contribution is 7.12. The second-order valence-electron chi connectivity index (χ2n) is 6.14. The van der Waals surface area contributed by atoms with Crippen molar-refractivity contribution in [2.24, 2.45) is 5.92 Å². The minimum atomic E-state index is 0.161. The highest BCUT2D eigenvalue weighted by atomic mass is 32.1. The fraction of sp³-hybridized carbons (Fsp3) is 0.333. The summed E-state index contributed by atoms with van der Waals surface area (Å²) >= 11 is 1.81. The molecule has 0 aliphatic heterocycles. The number of pyridine rings is 1. The molecular weight excluding hydrogens is 306 g/mol. The lowest BCUT2D eigenvalue weighted by Gasteiger charge is -2.03. The molecule has 1 N–H and O–H groups in total. The highest BCUT2D eigenvalue weighted by Crippen LogP contribution is 2.49. The van der Waals surface area contributed by atoms with Crippen molar-refractivity contribution in [3.8, 4) is 0 Å². The molecule has 3 heterocycles. The highest BCUT2D eigenvalue weighted by Gasteiger charge is 2.44. The van der Waals surface area contributed by atoms with E-state index in [0.29, 0.717) is 12.5 Å². The Hall–Kier alpha value is -2.14. The maximum Gasteiger partial charge on any atom is 0.223 e. The molecule has 1 saturated carbocycles. The van der Waals surface area contributed by atoms with Crippen molar-refractivity contribution in [1.82, 2.24) is 14.7 Å². The van der Waals surface area contributed by atoms with Crippen molar-refractivity contribution in [3.05, 3.63) is 58.2 Å². The van der Waals surface area contributed by atoms with Gasteiger partial charge in [0.1, 0.15) is 5.65 Å². The molecule has 0 aromatic carbocycles. The maximum atomic E-state index is 12.2. The molecule has 4 rings (SSSR count). The van der Waals surface area contributed by atoms with Gasteiger partial charge in [-0.1, -0.05) is 6.07 Å². The molecule has 118 valence electrons. The Morgan fingerprint density at radius 2 is 2.30 bits per heavy atom. The zero-order chi connectivity index (χ0) is 15.8. The van der Waals surface area contributed by atoms with E-state index in [0.717, 1.165) is 24.2 Å². The normalized spacial score (nSPS) is 19.9. The predicted molar refractivity (Wildman–Crippen MR) is 91.8 cm³/mol. The van der Waals surface area contributed by atoms with Crippen LogP contribution < -0.4 is 5.32 Å². The van der Waals surface area contributed by atoms with Crippen LogP contribution in [0.5, 0.6) is 0 Å². The van der Waals surface area contributed by atoms with Gasteiger partial charge in [-0.3, -0.25) is 4.79 Å². The molecule has 1 fully saturated rings. The summed E-state index contributed by atoms with van der Waals surface area (Å²) < 4.78 is 2.01. The molecule has 3 aromatic heterocycles. The zero-order valence-corrected chi connectivity index (χ0v) is 13.8. The Morgan fingerprint density at radius 3 is 3.09 bits per heavy atom. The number of fused-ring (bicyclic) bond motifs is 1. The van der Waals surface area contributed by atoms with E-state index in [-0.39, 0.29) is 11.8 Å². The van der Waals surface area contributed by atoms with Crippen LogP contribution in [0.1, 0.15) is 27.8 Å². The summed E-state index contributed by atoms with van der Waals surface area (Å²) in [5, 5.41) is 3.06. The number of hydrogen-bond donors (Lipinski definition) is 1. The standard InChI is InChI=1S/C18H19N3OS/c1-12-5-6-16(23-12)14-10-15(14)18(22)19-8-7-13-11-21-9-3-2-4-17(21)20-13/h2-6,9,11,14-15H,7-8,10H2,1H3,(H,19,22)/t14-,15+/m1/s1. The summed E-state index contributed by atoms with van der Waals surface area (Å²) in [7, 11) is 0. The molecule has 3 aromatic rings. The third kappa shape index (κ3) is 3.01. The Labute approximate surface area is 139 Å². The monoisotopic (exact) mass is 325 g/mol. The Balaban J connectivity index is 1.29. The Bertz CT molecular complexity index is 818. The third-order valence-corrected chi connectivity index (χ3v) is 5.48. The second-order valence-corrected chi connectivity index (χ2v) is 7.46. The number of hydrogen-bond acceptors (Lipinski definition) is 3. The van der Waals surface area contributed by atoms with Crippen molar-refractivity contribution in [3.63, 3.8) is 0 Å². The molecule has 2 atom stereocenters. The van der Waals surface area contributed by atoms with E-state index in [1.54, 1.807) is 0 Å². The Morgan fingerprint density at radius 1 is 1.39 bits per heavy atom. The summed E-state index contributed by atoms with van der Waals surface area (Å²) in [4.78, 5) is 19.4. The van der Waals surface area contributed by atoms with Crippen LogP contribution in [0.3, 0.4) is 0 Å². The molecule has 0 bridgehead atoms. The summed E-state index contributed by atoms with van der Waals surface area (Å²) in [6.07, 6.45) is 5.77. The molecule has 1 aliphatic rings. The van der Waals surface area contributed by atoms with Gasteiger partial charge >= 0.3 is 0 Å². The number of imidazole rings is 1. The smallest absolute Gasteiger partial charge is 0.223 e. The molecular formula is C18H19N3OS. The van der Waals surface area contributed by atoms with Gasteiger partial charge in [0.05, 0.1) is 5.69 Å². The van der Waals surface area contributed by atoms with Crippen LogP contribution in [0, 0.1) is 12.8 Å². The fourth-order valence-corrected chi connectivity index (χ4v) is 4.06. The number of rotatable bonds is 5. The second kappa shape index (κ2) is 5.81. The van der Waals surface area contributed by atoms with E-state index in [1.165, 1.54) is 9.75 Å². The van der Waals surface area contributed by atoms with Gasteiger partial charge in [-0.05, 0) is 37.6 Å². The lowest BCUT2D eigenvalue weighted by atomic mass is 10.2. The Kier molecular flexibility index (Phi) is 3.65. The van der Waals surface area contributed by atoms with Crippen LogP contribution in [0.15, 0.2) is 42.7 Å². The third-order valence-electron chi connectivity index (χ3n) is 4.35. The molecule has 1 amide bonds. The van der Waals surface area contributed by atoms with Crippen LogP contribution >= 0.6 is 11.3 Å². The minimum absolute atomic E-state index is 0.161. The molecule has 23 heavy (non-hydrogen) atoms. The molecule has 0 saturated heterocycles. The van der Waals surface area contributed by atoms with Crippen molar-refractivity contribution < 1.29 is 4.79 Å². The summed E-state index contributed by atoms with van der Waals surface area (Å²) in [5.41, 5.74) is 1.96. The number of thiophene rings is 1. The summed E-state index contributed by atoms with van der Waals surface area (Å²) in [5.74, 6) is 0.780. The van der Waals surface area contributed by atoms with E-state index in [1.807, 2.05) is 46.3 Å². The van der Waals surface area contributed by atoms with E-state index < -0.39 is 0 Å². The maximum absolute atomic E-state index is 12.2. The van der Waals surface area contributed by atoms with Crippen molar-refractivity contribution in [2.75, 3.05) is 6.54 Å². The summed E-state index contributed by atoms with van der Waals surface area (Å²) in [6, 6.07) is 10.2. The molecule has 1 aliphatic carbocycles. The lowest BCUT2D eigenvalue weighted by Crippen LogP contribution is -2.27. The first-order valence-electron chi connectivity index (χ1n) is 7.97. The van der Waals surface area contributed by atoms with Gasteiger partial charge in [0.15, 0.2) is 0 Å². The lowest BCUT2D eigenvalue weighted by molar-refractivity contribution is -0.122. The number of nitrogens with zero attached hydrogens (tertiary/aromatic N) is 2. The van der Waals surface area contributed by atoms with E-state index in [2.05, 4.69) is 29.4 Å². The number of carbonyl (C=O) groups is 1. The number of nitrogens with one attached hydrogen (secondary N) is 1. The quantitative estimate of drug-likeness (QED) is 0.783. The van der Waals surface area contributed by atoms with Gasteiger partial charge < -0.3 is 9.72 Å². The van der Waals surface area contributed by atoms with Crippen molar-refractivity contribution in [2.45, 2.75) is 25.7 Å². The van der Waals surface area contributed by atoms with Gasteiger partial charge in [0, 0.05) is 46.9 Å². The van der Waals surface area contributed by atoms with E-state index in [4.69, 9.17) is 0 Å². The topological polar surface area (TPSA) is 46.4 Å². The molecule has 0 radical (unpaired) electrons. The van der Waals surface area contributed by atoms with Crippen LogP contribution in [-0.2, 0) is 11.2 Å². The first-order chi connectivity index (χ1) is 11.2. The SMILES string of the molecule is Cc1ccc([C@@H]2C[C@@H]2C(=O)NCCc2cn3ccccc3n2)s1. The number of carbonyl (C=O) groups excluding carboxylic acids is 1. The van der Waals surface area contributed by atoms with Gasteiger partial charge in [0.2, 0.25) is 5.91 Å². The van der Waals surface area contributed by atoms with Crippen molar-refractivity contribution >= 4 is 22.9 Å². The number of aromatic nitrogens is 2. The zero-order valence-electron chi connectivity index (χ0n) is 13.0. The van der Waals surface area contributed by atoms with Crippen LogP contribution in [0.25, 0.3) is 5.65 Å². The number of aryl methyl sites for hydroxylation is 1. The first-order valence-corrected chi connectivity index (χ1v) is 8.79. The minimum Gasteiger partial charge on any atom is -0.355 e. The molecule has 4 nitrogen and oxygen atoms in total. The van der Waals surface area contributed by atoms with Crippen molar-refractivity contribution in [1.29, 1.82) is 0 Å². The first kappa shape index (κ1) is 14.5. The van der Waals surface area contributed by atoms with Gasteiger partial charge in [-0.15, -0.1) is 11.3 Å². The molecule has 0 spiro atoms. The predicted octanol–water partition coefficient (Wildman–Crippen LogP) is 3.17. The van der Waals surface area contributed by atoms with Crippen LogP contribution in [-0.4, -0.2) is 21.8 Å². The molecule has 5 heteroatoms. The fourth-order valence-electron chi connectivity index (χ4n) is 3.00. The van der Waals surface area contributed by atoms with Gasteiger partial charge in [0.25, 0.3) is 0 Å². The summed E-state index contributed by atoms with van der Waals surface area (Å²) in [6.45, 7) is 2.76. The average molecular weight is 325 g/mol.